The van der Waals surface area contributed by atoms with Crippen molar-refractivity contribution in [1.29, 1.82) is 0 Å². The van der Waals surface area contributed by atoms with E-state index in [2.05, 4.69) is 5.10 Å². The summed E-state index contributed by atoms with van der Waals surface area (Å²) in [6, 6.07) is 11.4. The van der Waals surface area contributed by atoms with E-state index in [4.69, 9.17) is 16.6 Å². The van der Waals surface area contributed by atoms with Crippen LogP contribution < -0.4 is 4.90 Å². The number of halogens is 2. The highest BCUT2D eigenvalue weighted by molar-refractivity contribution is 7.22. The predicted octanol–water partition coefficient (Wildman–Crippen LogP) is 5.56. The maximum atomic E-state index is 13.8. The molecule has 30 heavy (non-hydrogen) atoms. The first-order chi connectivity index (χ1) is 14.3. The van der Waals surface area contributed by atoms with Gasteiger partial charge in [-0.2, -0.15) is 5.10 Å². The van der Waals surface area contributed by atoms with Crippen LogP contribution >= 0.6 is 22.9 Å². The molecule has 0 atom stereocenters. The summed E-state index contributed by atoms with van der Waals surface area (Å²) in [5.41, 5.74) is 3.84. The number of aryl methyl sites for hydroxylation is 3. The van der Waals surface area contributed by atoms with E-state index >= 15 is 0 Å². The van der Waals surface area contributed by atoms with Gasteiger partial charge in [-0.1, -0.05) is 29.0 Å². The van der Waals surface area contributed by atoms with Crippen LogP contribution in [0.25, 0.3) is 10.2 Å². The molecule has 0 fully saturated rings. The van der Waals surface area contributed by atoms with Crippen LogP contribution in [0.15, 0.2) is 42.5 Å². The molecule has 0 aliphatic heterocycles. The van der Waals surface area contributed by atoms with Gasteiger partial charge in [0.2, 0.25) is 0 Å². The molecule has 2 aromatic carbocycles. The summed E-state index contributed by atoms with van der Waals surface area (Å²) >= 11 is 7.66. The monoisotopic (exact) mass is 442 g/mol. The Labute approximate surface area is 182 Å². The molecule has 0 N–H and O–H groups in total. The van der Waals surface area contributed by atoms with Crippen molar-refractivity contribution in [2.75, 3.05) is 11.4 Å². The number of benzene rings is 2. The van der Waals surface area contributed by atoms with Crippen molar-refractivity contribution >= 4 is 44.2 Å². The largest absolute Gasteiger partial charge is 0.282 e. The van der Waals surface area contributed by atoms with Gasteiger partial charge in [0.15, 0.2) is 5.13 Å². The Balaban J connectivity index is 1.73. The van der Waals surface area contributed by atoms with Crippen molar-refractivity contribution in [2.45, 2.75) is 27.3 Å². The summed E-state index contributed by atoms with van der Waals surface area (Å²) in [5, 5.41) is 5.65. The second kappa shape index (κ2) is 8.16. The average Bonchev–Trinajstić information content (AvgIpc) is 3.28. The van der Waals surface area contributed by atoms with Gasteiger partial charge in [0.05, 0.1) is 22.5 Å². The molecule has 0 aliphatic rings. The molecule has 0 spiro atoms. The maximum absolute atomic E-state index is 13.8. The fraction of sp³-hybridized carbons (Fsp3) is 0.227. The number of amides is 1. The van der Waals surface area contributed by atoms with Crippen LogP contribution in [0.4, 0.5) is 9.52 Å². The summed E-state index contributed by atoms with van der Waals surface area (Å²) in [7, 11) is 0. The molecular formula is C22H20ClFN4OS. The number of hydrogen-bond acceptors (Lipinski definition) is 4. The average molecular weight is 443 g/mol. The van der Waals surface area contributed by atoms with E-state index < -0.39 is 5.82 Å². The van der Waals surface area contributed by atoms with Crippen LogP contribution in [0.1, 0.15) is 27.3 Å². The third-order valence-electron chi connectivity index (χ3n) is 4.92. The minimum atomic E-state index is -0.453. The zero-order chi connectivity index (χ0) is 21.4. The van der Waals surface area contributed by atoms with E-state index in [1.165, 1.54) is 29.5 Å². The van der Waals surface area contributed by atoms with Crippen LogP contribution in [-0.2, 0) is 6.54 Å². The van der Waals surface area contributed by atoms with Gasteiger partial charge in [0.25, 0.3) is 5.91 Å². The first-order valence-corrected chi connectivity index (χ1v) is 10.7. The van der Waals surface area contributed by atoms with Gasteiger partial charge in [0, 0.05) is 22.8 Å². The number of carbonyl (C=O) groups excluding carboxylic acids is 1. The second-order valence-corrected chi connectivity index (χ2v) is 8.55. The minimum Gasteiger partial charge on any atom is -0.282 e. The van der Waals surface area contributed by atoms with Gasteiger partial charge in [0.1, 0.15) is 5.82 Å². The fourth-order valence-electron chi connectivity index (χ4n) is 3.36. The lowest BCUT2D eigenvalue weighted by Gasteiger charge is -2.20. The highest BCUT2D eigenvalue weighted by atomic mass is 35.5. The van der Waals surface area contributed by atoms with Crippen molar-refractivity contribution in [3.63, 3.8) is 0 Å². The van der Waals surface area contributed by atoms with Crippen LogP contribution in [0.5, 0.6) is 0 Å². The van der Waals surface area contributed by atoms with Crippen LogP contribution in [0, 0.1) is 26.6 Å². The van der Waals surface area contributed by atoms with E-state index in [-0.39, 0.29) is 11.5 Å². The lowest BCUT2D eigenvalue weighted by atomic mass is 10.2. The molecule has 0 unspecified atom stereocenters. The van der Waals surface area contributed by atoms with Crippen LogP contribution in [-0.4, -0.2) is 27.2 Å². The first-order valence-electron chi connectivity index (χ1n) is 9.47. The SMILES string of the molecule is Cc1cc(C)n(CCN(C(=O)c2cccc(F)c2)c2nc3c(C)c(Cl)ccc3s2)n1. The zero-order valence-corrected chi connectivity index (χ0v) is 18.4. The number of thiazole rings is 1. The topological polar surface area (TPSA) is 51.0 Å². The smallest absolute Gasteiger partial charge is 0.260 e. The third kappa shape index (κ3) is 3.95. The summed E-state index contributed by atoms with van der Waals surface area (Å²) in [5.74, 6) is -0.759. The lowest BCUT2D eigenvalue weighted by molar-refractivity contribution is 0.0985. The highest BCUT2D eigenvalue weighted by Gasteiger charge is 2.23. The third-order valence-corrected chi connectivity index (χ3v) is 6.38. The van der Waals surface area contributed by atoms with Crippen molar-refractivity contribution < 1.29 is 9.18 Å². The molecule has 8 heteroatoms. The predicted molar refractivity (Wildman–Crippen MR) is 119 cm³/mol. The van der Waals surface area contributed by atoms with Crippen molar-refractivity contribution in [3.05, 3.63) is 75.8 Å². The highest BCUT2D eigenvalue weighted by Crippen LogP contribution is 2.34. The number of rotatable bonds is 5. The summed E-state index contributed by atoms with van der Waals surface area (Å²) in [6.45, 7) is 6.66. The normalized spacial score (nSPS) is 11.2. The molecule has 0 aliphatic carbocycles. The Bertz CT molecular complexity index is 1250. The Morgan fingerprint density at radius 2 is 2.00 bits per heavy atom. The summed E-state index contributed by atoms with van der Waals surface area (Å²) < 4.78 is 16.5. The molecule has 4 aromatic rings. The number of hydrogen-bond donors (Lipinski definition) is 0. The van der Waals surface area contributed by atoms with Crippen LogP contribution in [0.2, 0.25) is 5.02 Å². The first kappa shape index (κ1) is 20.5. The molecule has 154 valence electrons. The van der Waals surface area contributed by atoms with Crippen molar-refractivity contribution in [2.24, 2.45) is 0 Å². The Kier molecular flexibility index (Phi) is 5.58. The number of anilines is 1. The lowest BCUT2D eigenvalue weighted by Crippen LogP contribution is -2.34. The van der Waals surface area contributed by atoms with Crippen molar-refractivity contribution in [3.8, 4) is 0 Å². The second-order valence-electron chi connectivity index (χ2n) is 7.13. The quantitative estimate of drug-likeness (QED) is 0.406. The minimum absolute atomic E-state index is 0.275. The molecule has 1 amide bonds. The Morgan fingerprint density at radius 3 is 2.70 bits per heavy atom. The van der Waals surface area contributed by atoms with Gasteiger partial charge >= 0.3 is 0 Å². The molecule has 0 bridgehead atoms. The molecule has 4 rings (SSSR count). The molecule has 2 heterocycles. The summed E-state index contributed by atoms with van der Waals surface area (Å²) in [4.78, 5) is 19.6. The van der Waals surface area contributed by atoms with Gasteiger partial charge in [-0.15, -0.1) is 0 Å². The molecule has 5 nitrogen and oxygen atoms in total. The fourth-order valence-corrected chi connectivity index (χ4v) is 4.56. The van der Waals surface area contributed by atoms with E-state index in [0.717, 1.165) is 27.2 Å². The molecule has 0 saturated carbocycles. The number of fused-ring (bicyclic) bond motifs is 1. The van der Waals surface area contributed by atoms with Gasteiger partial charge < -0.3 is 0 Å². The van der Waals surface area contributed by atoms with Gasteiger partial charge in [-0.3, -0.25) is 14.4 Å². The van der Waals surface area contributed by atoms with E-state index in [9.17, 15) is 9.18 Å². The Morgan fingerprint density at radius 1 is 1.20 bits per heavy atom. The standard InChI is InChI=1S/C22H20ClFN4OS/c1-13-11-14(2)28(26-13)10-9-27(21(29)16-5-4-6-17(24)12-16)22-25-20-15(3)18(23)7-8-19(20)30-22/h4-8,11-12H,9-10H2,1-3H3. The molecule has 2 aromatic heterocycles. The van der Waals surface area contributed by atoms with Gasteiger partial charge in [-0.25, -0.2) is 9.37 Å². The zero-order valence-electron chi connectivity index (χ0n) is 16.8. The molecule has 0 saturated heterocycles. The van der Waals surface area contributed by atoms with Crippen LogP contribution in [0.3, 0.4) is 0 Å². The van der Waals surface area contributed by atoms with Crippen molar-refractivity contribution in [1.82, 2.24) is 14.8 Å². The van der Waals surface area contributed by atoms with Gasteiger partial charge in [-0.05, 0) is 62.7 Å². The number of carbonyl (C=O) groups is 1. The molecular weight excluding hydrogens is 423 g/mol. The van der Waals surface area contributed by atoms with E-state index in [1.54, 1.807) is 11.0 Å². The maximum Gasteiger partial charge on any atom is 0.260 e. The summed E-state index contributed by atoms with van der Waals surface area (Å²) in [6.07, 6.45) is 0. The number of nitrogens with zero attached hydrogens (tertiary/aromatic N) is 4. The number of aromatic nitrogens is 3. The Hall–Kier alpha value is -2.77. The van der Waals surface area contributed by atoms with E-state index in [0.29, 0.717) is 23.2 Å². The van der Waals surface area contributed by atoms with E-state index in [1.807, 2.05) is 43.7 Å². The molecule has 0 radical (unpaired) electrons.